The minimum atomic E-state index is -4.77. The molecule has 180 valence electrons. The number of halogens is 3. The molecule has 0 bridgehead atoms. The van der Waals surface area contributed by atoms with Gasteiger partial charge in [-0.25, -0.2) is 33.7 Å². The molecule has 0 aliphatic heterocycles. The molecule has 10 nitrogen and oxygen atoms in total. The molecule has 0 saturated carbocycles. The summed E-state index contributed by atoms with van der Waals surface area (Å²) in [6.45, 7) is 0.924. The van der Waals surface area contributed by atoms with Crippen LogP contribution in [-0.4, -0.2) is 72.2 Å². The van der Waals surface area contributed by atoms with Crippen molar-refractivity contribution in [3.63, 3.8) is 0 Å². The second-order valence-corrected chi connectivity index (χ2v) is 14.7. The standard InChI is InChI=1S/C14H21F3N2O8S4/c1-10(18(28(2,20)21)29(3,22)23)13(19(30(4,24)25)31(5,26)27)11-6-8-12(9-7-11)14(15,16)17/h6-10,13H,1-5H3/t10-,13-/m1/s1. The number of alkyl halides is 3. The predicted octanol–water partition coefficient (Wildman–Crippen LogP) is 0.577. The number of rotatable bonds is 8. The van der Waals surface area contributed by atoms with Gasteiger partial charge in [-0.15, -0.1) is 0 Å². The summed E-state index contributed by atoms with van der Waals surface area (Å²) in [5.74, 6) is 0. The van der Waals surface area contributed by atoms with Crippen LogP contribution in [0.5, 0.6) is 0 Å². The van der Waals surface area contributed by atoms with Crippen LogP contribution in [0.15, 0.2) is 24.3 Å². The van der Waals surface area contributed by atoms with Crippen molar-refractivity contribution in [2.45, 2.75) is 25.2 Å². The lowest BCUT2D eigenvalue weighted by atomic mass is 10.0. The van der Waals surface area contributed by atoms with E-state index in [4.69, 9.17) is 0 Å². The van der Waals surface area contributed by atoms with Gasteiger partial charge in [0.1, 0.15) is 0 Å². The molecule has 0 amide bonds. The van der Waals surface area contributed by atoms with Gasteiger partial charge in [-0.2, -0.15) is 13.2 Å². The Labute approximate surface area is 179 Å². The molecule has 0 heterocycles. The van der Waals surface area contributed by atoms with Crippen molar-refractivity contribution in [3.8, 4) is 0 Å². The molecular weight excluding hydrogens is 509 g/mol. The molecule has 1 aromatic rings. The van der Waals surface area contributed by atoms with Crippen LogP contribution >= 0.6 is 0 Å². The Balaban J connectivity index is 3.96. The largest absolute Gasteiger partial charge is 0.416 e. The van der Waals surface area contributed by atoms with Crippen LogP contribution in [0.1, 0.15) is 24.1 Å². The number of nitrogens with zero attached hydrogens (tertiary/aromatic N) is 2. The lowest BCUT2D eigenvalue weighted by Crippen LogP contribution is -2.51. The van der Waals surface area contributed by atoms with Gasteiger partial charge in [0.05, 0.1) is 42.7 Å². The Hall–Kier alpha value is -1.27. The molecule has 0 N–H and O–H groups in total. The minimum Gasteiger partial charge on any atom is -0.212 e. The fourth-order valence-corrected chi connectivity index (χ4v) is 9.86. The van der Waals surface area contributed by atoms with E-state index in [1.54, 1.807) is 0 Å². The molecule has 1 rings (SSSR count). The smallest absolute Gasteiger partial charge is 0.212 e. The van der Waals surface area contributed by atoms with E-state index in [1.165, 1.54) is 0 Å². The van der Waals surface area contributed by atoms with Crippen molar-refractivity contribution in [2.24, 2.45) is 0 Å². The first-order valence-electron chi connectivity index (χ1n) is 8.05. The quantitative estimate of drug-likeness (QED) is 0.475. The Morgan fingerprint density at radius 2 is 1.00 bits per heavy atom. The molecule has 0 saturated heterocycles. The summed E-state index contributed by atoms with van der Waals surface area (Å²) in [4.78, 5) is 0. The summed E-state index contributed by atoms with van der Waals surface area (Å²) < 4.78 is 136. The average molecular weight is 531 g/mol. The van der Waals surface area contributed by atoms with Crippen LogP contribution in [-0.2, 0) is 46.3 Å². The van der Waals surface area contributed by atoms with Crippen molar-refractivity contribution < 1.29 is 46.8 Å². The molecule has 2 atom stereocenters. The monoisotopic (exact) mass is 530 g/mol. The number of sulfonamides is 4. The van der Waals surface area contributed by atoms with Gasteiger partial charge >= 0.3 is 6.18 Å². The number of hydrogen-bond donors (Lipinski definition) is 0. The van der Waals surface area contributed by atoms with Gasteiger partial charge in [0.15, 0.2) is 0 Å². The maximum absolute atomic E-state index is 12.9. The second kappa shape index (κ2) is 8.58. The maximum Gasteiger partial charge on any atom is 0.416 e. The molecule has 0 aliphatic rings. The molecule has 0 radical (unpaired) electrons. The van der Waals surface area contributed by atoms with Gasteiger partial charge in [-0.05, 0) is 24.6 Å². The Bertz CT molecular complexity index is 1180. The van der Waals surface area contributed by atoms with Crippen LogP contribution in [0.3, 0.4) is 0 Å². The summed E-state index contributed by atoms with van der Waals surface area (Å²) in [5, 5.41) is 0. The predicted molar refractivity (Wildman–Crippen MR) is 107 cm³/mol. The van der Waals surface area contributed by atoms with Crippen molar-refractivity contribution in [1.82, 2.24) is 7.42 Å². The highest BCUT2D eigenvalue weighted by atomic mass is 32.3. The highest BCUT2D eigenvalue weighted by molar-refractivity contribution is 8.04. The SMILES string of the molecule is C[C@H]([C@H](c1ccc(C(F)(F)F)cc1)N(S(C)(=O)=O)S(C)(=O)=O)N(S(C)(=O)=O)S(C)(=O)=O. The van der Waals surface area contributed by atoms with Gasteiger partial charge in [-0.3, -0.25) is 0 Å². The van der Waals surface area contributed by atoms with E-state index in [0.29, 0.717) is 37.2 Å². The molecule has 0 aromatic heterocycles. The van der Waals surface area contributed by atoms with Crippen LogP contribution < -0.4 is 0 Å². The van der Waals surface area contributed by atoms with E-state index in [0.717, 1.165) is 19.1 Å². The topological polar surface area (TPSA) is 143 Å². The highest BCUT2D eigenvalue weighted by Crippen LogP contribution is 2.36. The fraction of sp³-hybridized carbons (Fsp3) is 0.571. The van der Waals surface area contributed by atoms with Crippen molar-refractivity contribution in [2.75, 3.05) is 25.0 Å². The van der Waals surface area contributed by atoms with E-state index in [-0.39, 0.29) is 13.0 Å². The fourth-order valence-electron chi connectivity index (χ4n) is 3.07. The molecular formula is C14H21F3N2O8S4. The number of hydrogen-bond acceptors (Lipinski definition) is 8. The van der Waals surface area contributed by atoms with Crippen LogP contribution in [0.25, 0.3) is 0 Å². The third kappa shape index (κ3) is 6.85. The molecule has 0 aliphatic carbocycles. The summed E-state index contributed by atoms with van der Waals surface area (Å²) in [6, 6.07) is -1.36. The van der Waals surface area contributed by atoms with Gasteiger partial charge in [0, 0.05) is 0 Å². The number of benzene rings is 1. The summed E-state index contributed by atoms with van der Waals surface area (Å²) >= 11 is 0. The first kappa shape index (κ1) is 27.8. The average Bonchev–Trinajstić information content (AvgIpc) is 2.46. The Kier molecular flexibility index (Phi) is 7.69. The maximum atomic E-state index is 12.9. The third-order valence-corrected chi connectivity index (χ3v) is 10.9. The zero-order valence-electron chi connectivity index (χ0n) is 16.9. The lowest BCUT2D eigenvalue weighted by Gasteiger charge is -2.36. The van der Waals surface area contributed by atoms with Crippen LogP contribution in [0.2, 0.25) is 0 Å². The van der Waals surface area contributed by atoms with Gasteiger partial charge in [0.25, 0.3) is 0 Å². The zero-order valence-corrected chi connectivity index (χ0v) is 20.2. The first-order chi connectivity index (χ1) is 13.5. The van der Waals surface area contributed by atoms with Crippen molar-refractivity contribution in [1.29, 1.82) is 0 Å². The van der Waals surface area contributed by atoms with E-state index in [1.807, 2.05) is 0 Å². The van der Waals surface area contributed by atoms with E-state index in [9.17, 15) is 46.8 Å². The van der Waals surface area contributed by atoms with Gasteiger partial charge < -0.3 is 0 Å². The minimum absolute atomic E-state index is 0.0916. The van der Waals surface area contributed by atoms with E-state index < -0.39 is 63.9 Å². The van der Waals surface area contributed by atoms with Crippen molar-refractivity contribution >= 4 is 40.1 Å². The normalized spacial score (nSPS) is 16.5. The van der Waals surface area contributed by atoms with Gasteiger partial charge in [-0.1, -0.05) is 19.6 Å². The third-order valence-electron chi connectivity index (χ3n) is 3.90. The lowest BCUT2D eigenvalue weighted by molar-refractivity contribution is -0.137. The Morgan fingerprint density at radius 3 is 1.26 bits per heavy atom. The van der Waals surface area contributed by atoms with Crippen LogP contribution in [0, 0.1) is 0 Å². The van der Waals surface area contributed by atoms with E-state index in [2.05, 4.69) is 0 Å². The highest BCUT2D eigenvalue weighted by Gasteiger charge is 2.46. The first-order valence-corrected chi connectivity index (χ1v) is 15.4. The zero-order chi connectivity index (χ0) is 24.8. The molecule has 0 spiro atoms. The van der Waals surface area contributed by atoms with E-state index >= 15 is 0 Å². The molecule has 0 fully saturated rings. The Morgan fingerprint density at radius 1 is 0.677 bits per heavy atom. The summed E-state index contributed by atoms with van der Waals surface area (Å²) in [7, 11) is -18.5. The molecule has 0 unspecified atom stereocenters. The van der Waals surface area contributed by atoms with Gasteiger partial charge in [0.2, 0.25) is 40.1 Å². The summed E-state index contributed by atoms with van der Waals surface area (Å²) in [6.07, 6.45) is -2.82. The van der Waals surface area contributed by atoms with Crippen molar-refractivity contribution in [3.05, 3.63) is 35.4 Å². The molecule has 1 aromatic carbocycles. The van der Waals surface area contributed by atoms with Crippen LogP contribution in [0.4, 0.5) is 13.2 Å². The second-order valence-electron chi connectivity index (χ2n) is 6.81. The summed E-state index contributed by atoms with van der Waals surface area (Å²) in [5.41, 5.74) is -1.52. The molecule has 17 heteroatoms. The molecule has 31 heavy (non-hydrogen) atoms.